The second-order valence-corrected chi connectivity index (χ2v) is 6.43. The number of primary amides is 1. The van der Waals surface area contributed by atoms with Crippen LogP contribution in [0.2, 0.25) is 0 Å². The fourth-order valence-corrected chi connectivity index (χ4v) is 2.96. The third-order valence-corrected chi connectivity index (χ3v) is 4.42. The normalized spacial score (nSPS) is 12.7. The van der Waals surface area contributed by atoms with E-state index in [1.165, 1.54) is 7.11 Å². The maximum atomic E-state index is 11.6. The zero-order valence-corrected chi connectivity index (χ0v) is 19.5. The van der Waals surface area contributed by atoms with E-state index >= 15 is 0 Å². The van der Waals surface area contributed by atoms with Crippen LogP contribution in [0.3, 0.4) is 0 Å². The summed E-state index contributed by atoms with van der Waals surface area (Å²) in [6.07, 6.45) is 3.12. The van der Waals surface area contributed by atoms with Crippen molar-refractivity contribution < 1.29 is 63.2 Å². The molecule has 0 radical (unpaired) electrons. The molecule has 158 valence electrons. The summed E-state index contributed by atoms with van der Waals surface area (Å²) in [5.41, 5.74) is 7.31. The van der Waals surface area contributed by atoms with Crippen molar-refractivity contribution in [1.82, 2.24) is 0 Å². The maximum Gasteiger partial charge on any atom is 1.00 e. The summed E-state index contributed by atoms with van der Waals surface area (Å²) < 4.78 is 21.4. The molecule has 0 aliphatic carbocycles. The van der Waals surface area contributed by atoms with Gasteiger partial charge >= 0.3 is 29.6 Å². The fourth-order valence-electron chi connectivity index (χ4n) is 2.96. The van der Waals surface area contributed by atoms with Crippen molar-refractivity contribution in [3.05, 3.63) is 41.5 Å². The van der Waals surface area contributed by atoms with Crippen LogP contribution >= 0.6 is 0 Å². The predicted molar refractivity (Wildman–Crippen MR) is 107 cm³/mol. The minimum atomic E-state index is -1.39. The molecule has 0 unspecified atom stereocenters. The number of carboxylic acid groups (broad SMARTS) is 1. The number of carboxylic acids is 1. The third kappa shape index (κ3) is 6.06. The van der Waals surface area contributed by atoms with Crippen LogP contribution in [0.5, 0.6) is 23.0 Å². The van der Waals surface area contributed by atoms with E-state index in [4.69, 9.17) is 24.7 Å². The van der Waals surface area contributed by atoms with E-state index in [1.807, 2.05) is 30.4 Å². The molecule has 0 bridgehead atoms. The number of nitrogens with one attached hydrogen (secondary N) is 1. The summed E-state index contributed by atoms with van der Waals surface area (Å²) in [5, 5.41) is 13.7. The number of amides is 1. The van der Waals surface area contributed by atoms with E-state index < -0.39 is 24.3 Å². The van der Waals surface area contributed by atoms with Crippen molar-refractivity contribution in [2.45, 2.75) is 12.5 Å². The Hall–Kier alpha value is -2.88. The molecule has 0 saturated heterocycles. The van der Waals surface area contributed by atoms with Crippen molar-refractivity contribution in [1.29, 1.82) is 0 Å². The number of carbonyl (C=O) groups is 2. The first kappa shape index (κ1) is 24.4. The molecule has 10 heteroatoms. The van der Waals surface area contributed by atoms with Gasteiger partial charge in [-0.1, -0.05) is 18.2 Å². The van der Waals surface area contributed by atoms with Gasteiger partial charge in [-0.2, -0.15) is 0 Å². The van der Waals surface area contributed by atoms with Crippen LogP contribution in [0.15, 0.2) is 30.3 Å². The molecule has 1 aliphatic rings. The smallest absolute Gasteiger partial charge is 0.550 e. The zero-order valence-electron chi connectivity index (χ0n) is 17.5. The molecule has 2 aromatic rings. The third-order valence-electron chi connectivity index (χ3n) is 4.42. The summed E-state index contributed by atoms with van der Waals surface area (Å²) in [4.78, 5) is 22.5. The van der Waals surface area contributed by atoms with Crippen LogP contribution in [0.1, 0.15) is 17.5 Å². The molecule has 1 heterocycles. The largest absolute Gasteiger partial charge is 1.00 e. The number of carbonyl (C=O) groups excluding carboxylic acids is 2. The van der Waals surface area contributed by atoms with Crippen molar-refractivity contribution in [2.75, 3.05) is 26.3 Å². The van der Waals surface area contributed by atoms with Crippen molar-refractivity contribution in [3.63, 3.8) is 0 Å². The minimum Gasteiger partial charge on any atom is -0.550 e. The summed E-state index contributed by atoms with van der Waals surface area (Å²) in [7, 11) is 3.01. The van der Waals surface area contributed by atoms with Gasteiger partial charge in [0.05, 0.1) is 19.9 Å². The first-order valence-corrected chi connectivity index (χ1v) is 9.00. The molecule has 3 rings (SSSR count). The van der Waals surface area contributed by atoms with E-state index in [9.17, 15) is 14.7 Å². The molecule has 0 spiro atoms. The first-order chi connectivity index (χ1) is 14.4. The average Bonchev–Trinajstić information content (AvgIpc) is 3.19. The molecule has 1 amide bonds. The van der Waals surface area contributed by atoms with Gasteiger partial charge in [0.25, 0.3) is 0 Å². The SMILES string of the molecule is COc1ccc(/C=C\c2cc(OC)c3c(c2)OCO3)cc1N[C@@H](CC(=O)[O-])C(N)=O.[Na+]. The number of aliphatic carboxylic acids is 1. The summed E-state index contributed by atoms with van der Waals surface area (Å²) in [5.74, 6) is -0.0452. The van der Waals surface area contributed by atoms with Gasteiger partial charge in [-0.25, -0.2) is 0 Å². The Morgan fingerprint density at radius 3 is 2.48 bits per heavy atom. The number of anilines is 1. The number of benzene rings is 2. The number of rotatable bonds is 9. The number of hydrogen-bond donors (Lipinski definition) is 2. The van der Waals surface area contributed by atoms with Gasteiger partial charge in [-0.15, -0.1) is 0 Å². The average molecular weight is 436 g/mol. The van der Waals surface area contributed by atoms with E-state index in [1.54, 1.807) is 19.2 Å². The Morgan fingerprint density at radius 2 is 1.84 bits per heavy atom. The van der Waals surface area contributed by atoms with Crippen LogP contribution in [-0.2, 0) is 9.59 Å². The molecular formula is C21H21N2NaO7. The van der Waals surface area contributed by atoms with Gasteiger partial charge in [-0.3, -0.25) is 4.79 Å². The summed E-state index contributed by atoms with van der Waals surface area (Å²) >= 11 is 0. The van der Waals surface area contributed by atoms with Gasteiger partial charge in [0.1, 0.15) is 11.8 Å². The molecular weight excluding hydrogens is 415 g/mol. The van der Waals surface area contributed by atoms with Gasteiger partial charge in [0.15, 0.2) is 11.5 Å². The minimum absolute atomic E-state index is 0. The fraction of sp³-hybridized carbons (Fsp3) is 0.238. The Morgan fingerprint density at radius 1 is 1.13 bits per heavy atom. The quantitative estimate of drug-likeness (QED) is 0.341. The Kier molecular flexibility index (Phi) is 8.61. The Bertz CT molecular complexity index is 994. The van der Waals surface area contributed by atoms with E-state index in [-0.39, 0.29) is 36.4 Å². The maximum absolute atomic E-state index is 11.6. The standard InChI is InChI=1S/C21H22N2O7.Na/c1-27-16-6-5-12(7-14(16)23-15(21(22)26)10-19(24)25)3-4-13-8-17(28-2)20-18(9-13)29-11-30-20;/h3-9,15,23H,10-11H2,1-2H3,(H2,22,26)(H,24,25);/q;+1/p-1/b4-3-;/t15-;/m0./s1. The second kappa shape index (κ2) is 10.9. The Balaban J connectivity index is 0.00000341. The van der Waals surface area contributed by atoms with Crippen LogP contribution in [-0.4, -0.2) is 38.9 Å². The monoisotopic (exact) mass is 436 g/mol. The number of hydrogen-bond acceptors (Lipinski definition) is 8. The summed E-state index contributed by atoms with van der Waals surface area (Å²) in [6.45, 7) is 0.138. The van der Waals surface area contributed by atoms with Crippen molar-refractivity contribution >= 4 is 29.7 Å². The summed E-state index contributed by atoms with van der Waals surface area (Å²) in [6, 6.07) is 7.72. The van der Waals surface area contributed by atoms with Crippen molar-refractivity contribution in [2.24, 2.45) is 5.73 Å². The number of methoxy groups -OCH3 is 2. The molecule has 0 saturated carbocycles. The topological polar surface area (TPSA) is 132 Å². The molecule has 3 N–H and O–H groups in total. The molecule has 1 atom stereocenters. The molecule has 1 aliphatic heterocycles. The second-order valence-electron chi connectivity index (χ2n) is 6.43. The van der Waals surface area contributed by atoms with Gasteiger partial charge in [0.2, 0.25) is 18.4 Å². The first-order valence-electron chi connectivity index (χ1n) is 9.00. The van der Waals surface area contributed by atoms with Crippen LogP contribution in [0.4, 0.5) is 5.69 Å². The van der Waals surface area contributed by atoms with E-state index in [2.05, 4.69) is 5.32 Å². The molecule has 2 aromatic carbocycles. The molecule has 31 heavy (non-hydrogen) atoms. The molecule has 9 nitrogen and oxygen atoms in total. The van der Waals surface area contributed by atoms with Gasteiger partial charge in [-0.05, 0) is 35.4 Å². The van der Waals surface area contributed by atoms with Crippen LogP contribution in [0, 0.1) is 0 Å². The van der Waals surface area contributed by atoms with Crippen LogP contribution < -0.4 is 64.7 Å². The number of fused-ring (bicyclic) bond motifs is 1. The van der Waals surface area contributed by atoms with Gasteiger partial charge < -0.3 is 39.9 Å². The van der Waals surface area contributed by atoms with E-state index in [0.717, 1.165) is 11.1 Å². The molecule has 0 fully saturated rings. The molecule has 0 aromatic heterocycles. The van der Waals surface area contributed by atoms with Crippen LogP contribution in [0.25, 0.3) is 12.2 Å². The van der Waals surface area contributed by atoms with E-state index in [0.29, 0.717) is 28.7 Å². The number of ether oxygens (including phenoxy) is 4. The number of nitrogens with two attached hydrogens (primary N) is 1. The Labute approximate surface area is 201 Å². The van der Waals surface area contributed by atoms with Crippen molar-refractivity contribution in [3.8, 4) is 23.0 Å². The zero-order chi connectivity index (χ0) is 21.7. The van der Waals surface area contributed by atoms with Gasteiger partial charge in [0, 0.05) is 12.4 Å². The predicted octanol–water partition coefficient (Wildman–Crippen LogP) is -1.99.